The highest BCUT2D eigenvalue weighted by Gasteiger charge is 2.38. The lowest BCUT2D eigenvalue weighted by molar-refractivity contribution is 0.203. The quantitative estimate of drug-likeness (QED) is 0.923. The molecule has 1 aromatic rings. The van der Waals surface area contributed by atoms with Crippen LogP contribution in [0.1, 0.15) is 44.1 Å². The number of hydrogen-bond acceptors (Lipinski definition) is 4. The molecule has 2 fully saturated rings. The Hall–Kier alpha value is -1.57. The highest BCUT2D eigenvalue weighted by molar-refractivity contribution is 5.38. The van der Waals surface area contributed by atoms with Gasteiger partial charge in [0.25, 0.3) is 0 Å². The maximum absolute atomic E-state index is 9.88. The topological polar surface area (TPSA) is 48.3 Å². The van der Waals surface area contributed by atoms with Crippen LogP contribution < -0.4 is 10.1 Å². The van der Waals surface area contributed by atoms with Crippen molar-refractivity contribution in [2.24, 2.45) is 0 Å². The smallest absolute Gasteiger partial charge is 0.119 e. The van der Waals surface area contributed by atoms with Gasteiger partial charge in [0.05, 0.1) is 18.6 Å². The number of rotatable bonds is 4. The minimum Gasteiger partial charge on any atom is -0.497 e. The van der Waals surface area contributed by atoms with E-state index in [0.717, 1.165) is 37.0 Å². The lowest BCUT2D eigenvalue weighted by atomic mass is 9.69. The molecule has 4 nitrogen and oxygen atoms in total. The zero-order valence-electron chi connectivity index (χ0n) is 14.9. The van der Waals surface area contributed by atoms with Crippen LogP contribution in [0.15, 0.2) is 24.3 Å². The molecular formula is C20H29N3O. The van der Waals surface area contributed by atoms with Gasteiger partial charge in [-0.1, -0.05) is 12.1 Å². The fraction of sp³-hybridized carbons (Fsp3) is 0.650. The van der Waals surface area contributed by atoms with E-state index in [1.54, 1.807) is 7.11 Å². The van der Waals surface area contributed by atoms with E-state index in [1.807, 2.05) is 18.2 Å². The van der Waals surface area contributed by atoms with Crippen LogP contribution >= 0.6 is 0 Å². The maximum Gasteiger partial charge on any atom is 0.119 e. The first-order valence-electron chi connectivity index (χ1n) is 9.15. The van der Waals surface area contributed by atoms with Crippen molar-refractivity contribution in [1.29, 1.82) is 5.26 Å². The molecule has 1 N–H and O–H groups in total. The number of hydrogen-bond donors (Lipinski definition) is 1. The van der Waals surface area contributed by atoms with Gasteiger partial charge in [0.2, 0.25) is 0 Å². The Labute approximate surface area is 145 Å². The first-order chi connectivity index (χ1) is 11.6. The van der Waals surface area contributed by atoms with E-state index in [4.69, 9.17) is 4.74 Å². The highest BCUT2D eigenvalue weighted by Crippen LogP contribution is 2.40. The van der Waals surface area contributed by atoms with Crippen molar-refractivity contribution in [3.63, 3.8) is 0 Å². The molecule has 0 aromatic heterocycles. The molecule has 1 saturated carbocycles. The number of benzene rings is 1. The Morgan fingerprint density at radius 3 is 2.46 bits per heavy atom. The first kappa shape index (κ1) is 17.3. The molecule has 3 rings (SSSR count). The summed E-state index contributed by atoms with van der Waals surface area (Å²) < 4.78 is 5.34. The third-order valence-electron chi connectivity index (χ3n) is 5.87. The van der Waals surface area contributed by atoms with E-state index >= 15 is 0 Å². The van der Waals surface area contributed by atoms with Crippen molar-refractivity contribution >= 4 is 0 Å². The summed E-state index contributed by atoms with van der Waals surface area (Å²) in [5.41, 5.74) is 0.765. The molecule has 0 spiro atoms. The molecule has 1 heterocycles. The summed E-state index contributed by atoms with van der Waals surface area (Å²) >= 11 is 0. The molecule has 0 bridgehead atoms. The molecule has 1 aromatic carbocycles. The number of piperidine rings is 1. The van der Waals surface area contributed by atoms with E-state index < -0.39 is 0 Å². The Kier molecular flexibility index (Phi) is 5.43. The SMILES string of the molecule is COc1cccc([C@]2(C#N)CC[C@@H](NC3CCN(C)CC3)CC2)c1. The molecule has 1 aliphatic heterocycles. The van der Waals surface area contributed by atoms with Crippen molar-refractivity contribution < 1.29 is 4.74 Å². The Morgan fingerprint density at radius 2 is 1.83 bits per heavy atom. The molecule has 2 aliphatic rings. The minimum absolute atomic E-state index is 0.348. The summed E-state index contributed by atoms with van der Waals surface area (Å²) in [4.78, 5) is 2.41. The Balaban J connectivity index is 1.60. The number of nitrogens with zero attached hydrogens (tertiary/aromatic N) is 2. The summed E-state index contributed by atoms with van der Waals surface area (Å²) in [5.74, 6) is 0.841. The van der Waals surface area contributed by atoms with Crippen LogP contribution in [0, 0.1) is 11.3 Å². The van der Waals surface area contributed by atoms with Gasteiger partial charge in [-0.05, 0) is 76.4 Å². The maximum atomic E-state index is 9.88. The predicted molar refractivity (Wildman–Crippen MR) is 96.2 cm³/mol. The van der Waals surface area contributed by atoms with Gasteiger partial charge >= 0.3 is 0 Å². The van der Waals surface area contributed by atoms with Gasteiger partial charge in [-0.3, -0.25) is 0 Å². The highest BCUT2D eigenvalue weighted by atomic mass is 16.5. The Morgan fingerprint density at radius 1 is 1.17 bits per heavy atom. The lowest BCUT2D eigenvalue weighted by Crippen LogP contribution is -2.47. The summed E-state index contributed by atoms with van der Waals surface area (Å²) in [6, 6.07) is 11.9. The normalized spacial score (nSPS) is 29.1. The van der Waals surface area contributed by atoms with Crippen LogP contribution in [-0.2, 0) is 5.41 Å². The second-order valence-electron chi connectivity index (χ2n) is 7.44. The van der Waals surface area contributed by atoms with Crippen molar-refractivity contribution in [2.45, 2.75) is 56.0 Å². The number of ether oxygens (including phenoxy) is 1. The summed E-state index contributed by atoms with van der Waals surface area (Å²) in [6.45, 7) is 2.38. The molecule has 1 saturated heterocycles. The number of methoxy groups -OCH3 is 1. The number of nitrogens with one attached hydrogen (secondary N) is 1. The molecule has 0 unspecified atom stereocenters. The molecule has 0 amide bonds. The van der Waals surface area contributed by atoms with Crippen LogP contribution in [0.5, 0.6) is 5.75 Å². The van der Waals surface area contributed by atoms with Crippen LogP contribution in [0.25, 0.3) is 0 Å². The van der Waals surface area contributed by atoms with E-state index in [9.17, 15) is 5.26 Å². The van der Waals surface area contributed by atoms with Crippen molar-refractivity contribution in [1.82, 2.24) is 10.2 Å². The molecule has 24 heavy (non-hydrogen) atoms. The summed E-state index contributed by atoms with van der Waals surface area (Å²) in [6.07, 6.45) is 6.51. The van der Waals surface area contributed by atoms with E-state index in [-0.39, 0.29) is 5.41 Å². The molecule has 130 valence electrons. The summed E-state index contributed by atoms with van der Waals surface area (Å²) in [7, 11) is 3.88. The molecule has 0 atom stereocenters. The van der Waals surface area contributed by atoms with E-state index in [1.165, 1.54) is 25.9 Å². The number of likely N-dealkylation sites (tertiary alicyclic amines) is 1. The summed E-state index contributed by atoms with van der Waals surface area (Å²) in [5, 5.41) is 13.7. The minimum atomic E-state index is -0.348. The van der Waals surface area contributed by atoms with Gasteiger partial charge in [-0.2, -0.15) is 5.26 Å². The second-order valence-corrected chi connectivity index (χ2v) is 7.44. The molecule has 0 radical (unpaired) electrons. The van der Waals surface area contributed by atoms with Crippen molar-refractivity contribution in [2.75, 3.05) is 27.2 Å². The zero-order chi connectivity index (χ0) is 17.0. The molecule has 1 aliphatic carbocycles. The first-order valence-corrected chi connectivity index (χ1v) is 9.15. The van der Waals surface area contributed by atoms with Crippen LogP contribution in [-0.4, -0.2) is 44.2 Å². The third-order valence-corrected chi connectivity index (χ3v) is 5.87. The van der Waals surface area contributed by atoms with Gasteiger partial charge in [-0.15, -0.1) is 0 Å². The standard InChI is InChI=1S/C20H29N3O/c1-23-12-8-18(9-13-23)22-17-6-10-20(15-21,11-7-17)16-4-3-5-19(14-16)24-2/h3-5,14,17-18,22H,6-13H2,1-2H3/t17-,20-. The third kappa shape index (κ3) is 3.74. The fourth-order valence-corrected chi connectivity index (χ4v) is 4.17. The van der Waals surface area contributed by atoms with Crippen molar-refractivity contribution in [3.05, 3.63) is 29.8 Å². The van der Waals surface area contributed by atoms with Crippen LogP contribution in [0.2, 0.25) is 0 Å². The molecular weight excluding hydrogens is 298 g/mol. The monoisotopic (exact) mass is 327 g/mol. The van der Waals surface area contributed by atoms with E-state index in [0.29, 0.717) is 12.1 Å². The largest absolute Gasteiger partial charge is 0.497 e. The predicted octanol–water partition coefficient (Wildman–Crippen LogP) is 3.08. The van der Waals surface area contributed by atoms with Crippen molar-refractivity contribution in [3.8, 4) is 11.8 Å². The average molecular weight is 327 g/mol. The second kappa shape index (κ2) is 7.55. The van der Waals surface area contributed by atoms with Gasteiger partial charge in [0, 0.05) is 12.1 Å². The van der Waals surface area contributed by atoms with Gasteiger partial charge in [-0.25, -0.2) is 0 Å². The van der Waals surface area contributed by atoms with Gasteiger partial charge in [0.15, 0.2) is 0 Å². The van der Waals surface area contributed by atoms with Crippen LogP contribution in [0.3, 0.4) is 0 Å². The van der Waals surface area contributed by atoms with Crippen LogP contribution in [0.4, 0.5) is 0 Å². The Bertz CT molecular complexity index is 579. The fourth-order valence-electron chi connectivity index (χ4n) is 4.17. The molecule has 4 heteroatoms. The van der Waals surface area contributed by atoms with Gasteiger partial charge in [0.1, 0.15) is 5.75 Å². The zero-order valence-corrected chi connectivity index (χ0v) is 14.9. The average Bonchev–Trinajstić information content (AvgIpc) is 2.64. The van der Waals surface area contributed by atoms with E-state index in [2.05, 4.69) is 29.4 Å². The van der Waals surface area contributed by atoms with Gasteiger partial charge < -0.3 is 15.0 Å². The lowest BCUT2D eigenvalue weighted by Gasteiger charge is -2.39. The number of nitriles is 1.